The Morgan fingerprint density at radius 1 is 1.22 bits per heavy atom. The molecule has 2 aromatic rings. The Morgan fingerprint density at radius 2 is 2.04 bits per heavy atom. The molecule has 1 saturated heterocycles. The third-order valence-electron chi connectivity index (χ3n) is 5.20. The van der Waals surface area contributed by atoms with Gasteiger partial charge in [-0.2, -0.15) is 0 Å². The maximum absolute atomic E-state index is 13.7. The Kier molecular flexibility index (Phi) is 6.01. The van der Waals surface area contributed by atoms with Crippen LogP contribution in [0.5, 0.6) is 0 Å². The summed E-state index contributed by atoms with van der Waals surface area (Å²) in [7, 11) is 0. The second-order valence-electron chi connectivity index (χ2n) is 6.96. The van der Waals surface area contributed by atoms with Gasteiger partial charge in [0, 0.05) is 23.7 Å². The van der Waals surface area contributed by atoms with Crippen LogP contribution in [0.2, 0.25) is 0 Å². The number of hydrogen-bond donors (Lipinski definition) is 1. The second kappa shape index (κ2) is 8.44. The van der Waals surface area contributed by atoms with E-state index in [1.54, 1.807) is 24.3 Å². The average molecular weight is 368 g/mol. The van der Waals surface area contributed by atoms with Crippen molar-refractivity contribution in [1.82, 2.24) is 10.2 Å². The van der Waals surface area contributed by atoms with Gasteiger partial charge < -0.3 is 5.32 Å². The third-order valence-corrected chi connectivity index (χ3v) is 5.20. The molecular formula is C22H25FN2O2. The molecule has 0 radical (unpaired) electrons. The van der Waals surface area contributed by atoms with Gasteiger partial charge >= 0.3 is 0 Å². The van der Waals surface area contributed by atoms with Crippen molar-refractivity contribution in [1.29, 1.82) is 0 Å². The number of ketones is 1. The Morgan fingerprint density at radius 3 is 2.78 bits per heavy atom. The summed E-state index contributed by atoms with van der Waals surface area (Å²) in [5, 5.41) is 3.01. The molecule has 0 aromatic heterocycles. The topological polar surface area (TPSA) is 49.4 Å². The van der Waals surface area contributed by atoms with E-state index < -0.39 is 5.82 Å². The highest BCUT2D eigenvalue weighted by Gasteiger charge is 2.23. The summed E-state index contributed by atoms with van der Waals surface area (Å²) in [6.45, 7) is 6.28. The van der Waals surface area contributed by atoms with Crippen LogP contribution < -0.4 is 5.32 Å². The second-order valence-corrected chi connectivity index (χ2v) is 6.96. The van der Waals surface area contributed by atoms with Crippen molar-refractivity contribution in [3.05, 3.63) is 59.4 Å². The number of carbonyl (C=O) groups is 2. The fourth-order valence-corrected chi connectivity index (χ4v) is 3.75. The molecule has 3 rings (SSSR count). The largest absolute Gasteiger partial charge is 0.350 e. The first kappa shape index (κ1) is 19.2. The SMILES string of the molecule is CCN1CCC[C@@H]1CNC(=O)c1cccc(-c2cc(F)ccc2C(C)=O)c1. The number of amides is 1. The molecule has 1 N–H and O–H groups in total. The van der Waals surface area contributed by atoms with Gasteiger partial charge in [-0.1, -0.05) is 19.1 Å². The summed E-state index contributed by atoms with van der Waals surface area (Å²) >= 11 is 0. The lowest BCUT2D eigenvalue weighted by atomic mass is 9.96. The van der Waals surface area contributed by atoms with Crippen molar-refractivity contribution in [3.63, 3.8) is 0 Å². The van der Waals surface area contributed by atoms with Crippen LogP contribution >= 0.6 is 0 Å². The summed E-state index contributed by atoms with van der Waals surface area (Å²) in [5.74, 6) is -0.702. The van der Waals surface area contributed by atoms with E-state index in [1.165, 1.54) is 25.1 Å². The predicted molar refractivity (Wildman–Crippen MR) is 104 cm³/mol. The molecule has 1 aliphatic rings. The van der Waals surface area contributed by atoms with Crippen molar-refractivity contribution in [3.8, 4) is 11.1 Å². The smallest absolute Gasteiger partial charge is 0.251 e. The minimum absolute atomic E-state index is 0.138. The van der Waals surface area contributed by atoms with E-state index in [-0.39, 0.29) is 11.7 Å². The normalized spacial score (nSPS) is 17.1. The van der Waals surface area contributed by atoms with E-state index >= 15 is 0 Å². The number of hydrogen-bond acceptors (Lipinski definition) is 3. The van der Waals surface area contributed by atoms with Crippen molar-refractivity contribution < 1.29 is 14.0 Å². The van der Waals surface area contributed by atoms with Crippen LogP contribution in [-0.4, -0.2) is 42.3 Å². The van der Waals surface area contributed by atoms with Crippen LogP contribution in [0.4, 0.5) is 4.39 Å². The summed E-state index contributed by atoms with van der Waals surface area (Å²) in [6.07, 6.45) is 2.26. The standard InChI is InChI=1S/C22H25FN2O2/c1-3-25-11-5-8-19(25)14-24-22(27)17-7-4-6-16(12-17)21-13-18(23)9-10-20(21)15(2)26/h4,6-7,9-10,12-13,19H,3,5,8,11,14H2,1-2H3,(H,24,27)/t19-/m1/s1. The van der Waals surface area contributed by atoms with Gasteiger partial charge in [-0.3, -0.25) is 14.5 Å². The molecule has 5 heteroatoms. The van der Waals surface area contributed by atoms with Crippen molar-refractivity contribution >= 4 is 11.7 Å². The van der Waals surface area contributed by atoms with Gasteiger partial charge in [0.15, 0.2) is 5.78 Å². The molecule has 1 amide bonds. The van der Waals surface area contributed by atoms with Gasteiger partial charge in [0.25, 0.3) is 5.91 Å². The van der Waals surface area contributed by atoms with Crippen LogP contribution in [0.3, 0.4) is 0 Å². The summed E-state index contributed by atoms with van der Waals surface area (Å²) < 4.78 is 13.7. The Bertz CT molecular complexity index is 850. The van der Waals surface area contributed by atoms with E-state index in [9.17, 15) is 14.0 Å². The number of halogens is 1. The zero-order valence-electron chi connectivity index (χ0n) is 15.8. The van der Waals surface area contributed by atoms with Crippen LogP contribution in [0.15, 0.2) is 42.5 Å². The monoisotopic (exact) mass is 368 g/mol. The summed E-state index contributed by atoms with van der Waals surface area (Å²) in [6, 6.07) is 11.5. The number of rotatable bonds is 6. The number of benzene rings is 2. The van der Waals surface area contributed by atoms with Gasteiger partial charge in [0.05, 0.1) is 0 Å². The molecule has 0 saturated carbocycles. The first-order chi connectivity index (χ1) is 13.0. The Balaban J connectivity index is 1.79. The van der Waals surface area contributed by atoms with Crippen LogP contribution in [-0.2, 0) is 0 Å². The molecule has 1 aliphatic heterocycles. The molecular weight excluding hydrogens is 343 g/mol. The minimum atomic E-state index is -0.411. The quantitative estimate of drug-likeness (QED) is 0.787. The highest BCUT2D eigenvalue weighted by Crippen LogP contribution is 2.26. The number of carbonyl (C=O) groups excluding carboxylic acids is 2. The highest BCUT2D eigenvalue weighted by atomic mass is 19.1. The Labute approximate surface area is 159 Å². The Hall–Kier alpha value is -2.53. The number of Topliss-reactive ketones (excluding diaryl/α,β-unsaturated/α-hetero) is 1. The highest BCUT2D eigenvalue weighted by molar-refractivity contribution is 6.02. The molecule has 1 fully saturated rings. The van der Waals surface area contributed by atoms with Gasteiger partial charge in [-0.25, -0.2) is 4.39 Å². The maximum atomic E-state index is 13.7. The molecule has 0 unspecified atom stereocenters. The fourth-order valence-electron chi connectivity index (χ4n) is 3.75. The summed E-state index contributed by atoms with van der Waals surface area (Å²) in [5.41, 5.74) is 2.11. The molecule has 2 aromatic carbocycles. The fraction of sp³-hybridized carbons (Fsp3) is 0.364. The number of likely N-dealkylation sites (tertiary alicyclic amines) is 1. The van der Waals surface area contributed by atoms with Gasteiger partial charge in [0.2, 0.25) is 0 Å². The zero-order chi connectivity index (χ0) is 19.4. The molecule has 1 heterocycles. The molecule has 0 bridgehead atoms. The lowest BCUT2D eigenvalue weighted by Gasteiger charge is -2.22. The third kappa shape index (κ3) is 4.42. The van der Waals surface area contributed by atoms with Crippen molar-refractivity contribution in [2.75, 3.05) is 19.6 Å². The molecule has 0 spiro atoms. The zero-order valence-corrected chi connectivity index (χ0v) is 15.8. The lowest BCUT2D eigenvalue weighted by molar-refractivity contribution is 0.0940. The first-order valence-corrected chi connectivity index (χ1v) is 9.42. The minimum Gasteiger partial charge on any atom is -0.350 e. The predicted octanol–water partition coefficient (Wildman–Crippen LogP) is 3.91. The lowest BCUT2D eigenvalue weighted by Crippen LogP contribution is -2.40. The first-order valence-electron chi connectivity index (χ1n) is 9.42. The van der Waals surface area contributed by atoms with E-state index in [0.717, 1.165) is 25.9 Å². The average Bonchev–Trinajstić information content (AvgIpc) is 3.13. The molecule has 1 atom stereocenters. The summed E-state index contributed by atoms with van der Waals surface area (Å²) in [4.78, 5) is 26.8. The van der Waals surface area contributed by atoms with E-state index in [1.807, 2.05) is 0 Å². The van der Waals surface area contributed by atoms with E-state index in [0.29, 0.717) is 34.8 Å². The van der Waals surface area contributed by atoms with Crippen LogP contribution in [0.25, 0.3) is 11.1 Å². The van der Waals surface area contributed by atoms with Gasteiger partial charge in [0.1, 0.15) is 5.82 Å². The number of likely N-dealkylation sites (N-methyl/N-ethyl adjacent to an activating group) is 1. The molecule has 4 nitrogen and oxygen atoms in total. The van der Waals surface area contributed by atoms with Gasteiger partial charge in [-0.05, 0) is 74.3 Å². The van der Waals surface area contributed by atoms with Crippen LogP contribution in [0.1, 0.15) is 47.4 Å². The van der Waals surface area contributed by atoms with E-state index in [2.05, 4.69) is 17.1 Å². The molecule has 27 heavy (non-hydrogen) atoms. The van der Waals surface area contributed by atoms with Gasteiger partial charge in [-0.15, -0.1) is 0 Å². The van der Waals surface area contributed by atoms with Crippen LogP contribution in [0, 0.1) is 5.82 Å². The molecule has 142 valence electrons. The van der Waals surface area contributed by atoms with E-state index in [4.69, 9.17) is 0 Å². The molecule has 0 aliphatic carbocycles. The number of nitrogens with one attached hydrogen (secondary N) is 1. The maximum Gasteiger partial charge on any atom is 0.251 e. The number of nitrogens with zero attached hydrogens (tertiary/aromatic N) is 1. The van der Waals surface area contributed by atoms with Crippen molar-refractivity contribution in [2.45, 2.75) is 32.7 Å². The van der Waals surface area contributed by atoms with Crippen molar-refractivity contribution in [2.24, 2.45) is 0 Å².